The molecule has 1 unspecified atom stereocenters. The lowest BCUT2D eigenvalue weighted by atomic mass is 9.83. The molecule has 0 saturated carbocycles. The molecule has 3 atom stereocenters. The van der Waals surface area contributed by atoms with Crippen LogP contribution in [0.25, 0.3) is 0 Å². The first-order valence-electron chi connectivity index (χ1n) is 7.42. The number of amides is 1. The first-order valence-corrected chi connectivity index (χ1v) is 8.41. The van der Waals surface area contributed by atoms with E-state index in [2.05, 4.69) is 0 Å². The van der Waals surface area contributed by atoms with Crippen molar-refractivity contribution >= 4 is 23.6 Å². The number of carboxylic acids is 1. The van der Waals surface area contributed by atoms with Crippen molar-refractivity contribution in [3.05, 3.63) is 28.6 Å². The number of β-lactam (4-membered cyclic amide) rings is 1. The predicted octanol–water partition coefficient (Wildman–Crippen LogP) is -0.00950. The van der Waals surface area contributed by atoms with Gasteiger partial charge in [-0.05, 0) is 6.92 Å². The Morgan fingerprint density at radius 3 is 2.78 bits per heavy atom. The molecule has 0 aromatic carbocycles. The maximum Gasteiger partial charge on any atom is 0.353 e. The van der Waals surface area contributed by atoms with E-state index in [4.69, 9.17) is 0 Å². The van der Waals surface area contributed by atoms with Crippen molar-refractivity contribution in [3.8, 4) is 0 Å². The molecule has 0 radical (unpaired) electrons. The molecule has 0 aliphatic carbocycles. The van der Waals surface area contributed by atoms with Crippen LogP contribution >= 0.6 is 11.8 Å². The SMILES string of the molecule is CC(O)[C@H]1C(=O)N2C(C(=O)O)=C(SCc3cn(C)[n+](C)c3)C[C@H]12. The highest BCUT2D eigenvalue weighted by Gasteiger charge is 2.56. The summed E-state index contributed by atoms with van der Waals surface area (Å²) in [4.78, 5) is 25.7. The van der Waals surface area contributed by atoms with Crippen LogP contribution in [-0.4, -0.2) is 43.8 Å². The zero-order chi connectivity index (χ0) is 16.9. The van der Waals surface area contributed by atoms with Gasteiger partial charge in [0.25, 0.3) is 0 Å². The molecule has 0 spiro atoms. The fourth-order valence-electron chi connectivity index (χ4n) is 3.30. The number of aliphatic hydroxyl groups excluding tert-OH is 1. The molecule has 2 aliphatic heterocycles. The van der Waals surface area contributed by atoms with E-state index >= 15 is 0 Å². The summed E-state index contributed by atoms with van der Waals surface area (Å²) in [6.45, 7) is 1.58. The van der Waals surface area contributed by atoms with Crippen LogP contribution in [0.4, 0.5) is 0 Å². The highest BCUT2D eigenvalue weighted by Crippen LogP contribution is 2.47. The number of aryl methyl sites for hydroxylation is 2. The van der Waals surface area contributed by atoms with Crippen LogP contribution < -0.4 is 4.68 Å². The Balaban J connectivity index is 1.78. The number of carboxylic acid groups (broad SMARTS) is 1. The Bertz CT molecular complexity index is 690. The largest absolute Gasteiger partial charge is 0.477 e. The minimum atomic E-state index is -1.08. The first kappa shape index (κ1) is 16.1. The summed E-state index contributed by atoms with van der Waals surface area (Å²) in [6, 6.07) is -0.219. The molecule has 0 bridgehead atoms. The molecule has 3 rings (SSSR count). The summed E-state index contributed by atoms with van der Waals surface area (Å²) in [5, 5.41) is 19.2. The van der Waals surface area contributed by atoms with Crippen LogP contribution in [0.15, 0.2) is 23.0 Å². The Kier molecular flexibility index (Phi) is 3.97. The van der Waals surface area contributed by atoms with Crippen molar-refractivity contribution in [1.29, 1.82) is 0 Å². The maximum absolute atomic E-state index is 12.1. The van der Waals surface area contributed by atoms with Gasteiger partial charge >= 0.3 is 5.97 Å². The summed E-state index contributed by atoms with van der Waals surface area (Å²) in [6.07, 6.45) is 3.73. The summed E-state index contributed by atoms with van der Waals surface area (Å²) in [7, 11) is 3.87. The zero-order valence-corrected chi connectivity index (χ0v) is 14.1. The lowest BCUT2D eigenvalue weighted by molar-refractivity contribution is -0.751. The lowest BCUT2D eigenvalue weighted by Gasteiger charge is -2.44. The topological polar surface area (TPSA) is 86.7 Å². The van der Waals surface area contributed by atoms with Crippen molar-refractivity contribution in [2.75, 3.05) is 0 Å². The van der Waals surface area contributed by atoms with Crippen LogP contribution in [0.2, 0.25) is 0 Å². The van der Waals surface area contributed by atoms with Crippen LogP contribution in [0.1, 0.15) is 18.9 Å². The highest BCUT2D eigenvalue weighted by molar-refractivity contribution is 8.02. The molecule has 1 aromatic rings. The van der Waals surface area contributed by atoms with Gasteiger partial charge in [0.1, 0.15) is 5.70 Å². The molecule has 1 saturated heterocycles. The number of rotatable bonds is 5. The van der Waals surface area contributed by atoms with E-state index in [1.54, 1.807) is 6.92 Å². The van der Waals surface area contributed by atoms with Crippen LogP contribution in [-0.2, 0) is 29.4 Å². The minimum absolute atomic E-state index is 0.0854. The summed E-state index contributed by atoms with van der Waals surface area (Å²) >= 11 is 1.46. The average Bonchev–Trinajstić information content (AvgIpc) is 2.94. The molecular formula is C15H20N3O4S+. The smallest absolute Gasteiger partial charge is 0.353 e. The van der Waals surface area contributed by atoms with Crippen molar-refractivity contribution < 1.29 is 24.5 Å². The summed E-state index contributed by atoms with van der Waals surface area (Å²) in [5.41, 5.74) is 1.17. The van der Waals surface area contributed by atoms with E-state index in [1.807, 2.05) is 35.9 Å². The third-order valence-corrected chi connectivity index (χ3v) is 5.69. The fourth-order valence-corrected chi connectivity index (χ4v) is 4.40. The quantitative estimate of drug-likeness (QED) is 0.583. The number of aromatic nitrogens is 2. The minimum Gasteiger partial charge on any atom is -0.477 e. The van der Waals surface area contributed by atoms with Crippen molar-refractivity contribution in [2.24, 2.45) is 20.0 Å². The Morgan fingerprint density at radius 2 is 2.26 bits per heavy atom. The second-order valence-electron chi connectivity index (χ2n) is 6.09. The van der Waals surface area contributed by atoms with Gasteiger partial charge in [0, 0.05) is 17.1 Å². The van der Waals surface area contributed by atoms with Gasteiger partial charge in [-0.3, -0.25) is 4.79 Å². The number of carbonyl (C=O) groups is 2. The number of hydrogen-bond acceptors (Lipinski definition) is 4. The van der Waals surface area contributed by atoms with Crippen molar-refractivity contribution in [2.45, 2.75) is 31.2 Å². The van der Waals surface area contributed by atoms with Crippen LogP contribution in [0.3, 0.4) is 0 Å². The van der Waals surface area contributed by atoms with Gasteiger partial charge in [-0.25, -0.2) is 4.79 Å². The first-order chi connectivity index (χ1) is 10.8. The molecule has 2 aliphatic rings. The monoisotopic (exact) mass is 338 g/mol. The van der Waals surface area contributed by atoms with Gasteiger partial charge in [-0.2, -0.15) is 4.68 Å². The lowest BCUT2D eigenvalue weighted by Crippen LogP contribution is -2.61. The molecule has 1 aromatic heterocycles. The number of fused-ring (bicyclic) bond motifs is 1. The van der Waals surface area contributed by atoms with E-state index in [1.165, 1.54) is 16.7 Å². The van der Waals surface area contributed by atoms with Crippen LogP contribution in [0, 0.1) is 5.92 Å². The molecular weight excluding hydrogens is 318 g/mol. The number of nitrogens with zero attached hydrogens (tertiary/aromatic N) is 3. The maximum atomic E-state index is 12.1. The number of aliphatic carboxylic acids is 1. The third-order valence-electron chi connectivity index (χ3n) is 4.51. The molecule has 2 N–H and O–H groups in total. The molecule has 7 nitrogen and oxygen atoms in total. The number of carbonyl (C=O) groups excluding carboxylic acids is 1. The van der Waals surface area contributed by atoms with Crippen LogP contribution in [0.5, 0.6) is 0 Å². The molecule has 8 heteroatoms. The normalized spacial score (nSPS) is 24.7. The van der Waals surface area contributed by atoms with Gasteiger partial charge in [-0.15, -0.1) is 16.4 Å². The summed E-state index contributed by atoms with van der Waals surface area (Å²) in [5.74, 6) is -1.21. The zero-order valence-electron chi connectivity index (χ0n) is 13.3. The molecule has 1 amide bonds. The average molecular weight is 338 g/mol. The Morgan fingerprint density at radius 1 is 1.57 bits per heavy atom. The fraction of sp³-hybridized carbons (Fsp3) is 0.533. The van der Waals surface area contributed by atoms with E-state index in [-0.39, 0.29) is 17.6 Å². The van der Waals surface area contributed by atoms with Gasteiger partial charge < -0.3 is 15.1 Å². The molecule has 1 fully saturated rings. The van der Waals surface area contributed by atoms with Gasteiger partial charge in [0.15, 0.2) is 13.2 Å². The van der Waals surface area contributed by atoms with Gasteiger partial charge in [0.2, 0.25) is 5.91 Å². The van der Waals surface area contributed by atoms with Crippen molar-refractivity contribution in [1.82, 2.24) is 9.58 Å². The molecule has 23 heavy (non-hydrogen) atoms. The van der Waals surface area contributed by atoms with Gasteiger partial charge in [0.05, 0.1) is 36.9 Å². The standard InChI is InChI=1S/C15H19N3O4S/c1-8(19)12-10-4-11(13(15(21)22)18(10)14(12)20)23-7-9-5-16(2)17(3)6-9/h5-6,8,10,12,19H,4,7H2,1-3H3/p+1/t8?,10-,12-/m1/s1. The predicted molar refractivity (Wildman–Crippen MR) is 83.0 cm³/mol. The molecule has 3 heterocycles. The van der Waals surface area contributed by atoms with Gasteiger partial charge in [-0.1, -0.05) is 0 Å². The highest BCUT2D eigenvalue weighted by atomic mass is 32.2. The van der Waals surface area contributed by atoms with E-state index in [0.29, 0.717) is 17.1 Å². The second-order valence-corrected chi connectivity index (χ2v) is 7.16. The van der Waals surface area contributed by atoms with E-state index in [0.717, 1.165) is 5.56 Å². The van der Waals surface area contributed by atoms with E-state index < -0.39 is 18.0 Å². The number of hydrogen-bond donors (Lipinski definition) is 2. The Hall–Kier alpha value is -1.80. The Labute approximate surface area is 138 Å². The van der Waals surface area contributed by atoms with Crippen molar-refractivity contribution in [3.63, 3.8) is 0 Å². The summed E-state index contributed by atoms with van der Waals surface area (Å²) < 4.78 is 3.88. The van der Waals surface area contributed by atoms with E-state index in [9.17, 15) is 19.8 Å². The number of thioether (sulfide) groups is 1. The second kappa shape index (κ2) is 5.68. The number of aliphatic hydroxyl groups is 1. The molecule has 124 valence electrons. The third kappa shape index (κ3) is 2.55.